The fourth-order valence-corrected chi connectivity index (χ4v) is 4.80. The highest BCUT2D eigenvalue weighted by Crippen LogP contribution is 2.27. The summed E-state index contributed by atoms with van der Waals surface area (Å²) in [5.41, 5.74) is 0.920. The number of aromatic carboxylic acids is 1. The van der Waals surface area contributed by atoms with Crippen molar-refractivity contribution in [3.05, 3.63) is 70.1 Å². The highest BCUT2D eigenvalue weighted by Gasteiger charge is 2.39. The molecule has 1 N–H and O–H groups in total. The van der Waals surface area contributed by atoms with Gasteiger partial charge in [0.25, 0.3) is 0 Å². The first-order chi connectivity index (χ1) is 17.1. The number of nitrogens with zero attached hydrogens (tertiary/aromatic N) is 2. The molecule has 1 amide bonds. The lowest BCUT2D eigenvalue weighted by atomic mass is 10.0. The molecule has 0 spiro atoms. The molecule has 0 unspecified atom stereocenters. The van der Waals surface area contributed by atoms with Crippen LogP contribution in [0.1, 0.15) is 46.0 Å². The van der Waals surface area contributed by atoms with Crippen LogP contribution < -0.4 is 0 Å². The molecular formula is C26H23ClF2N2O5. The van der Waals surface area contributed by atoms with Crippen LogP contribution in [-0.2, 0) is 22.6 Å². The minimum Gasteiger partial charge on any atom is -0.478 e. The number of aromatic nitrogens is 1. The predicted octanol–water partition coefficient (Wildman–Crippen LogP) is 4.48. The topological polar surface area (TPSA) is 96.7 Å². The number of hydrogen-bond acceptors (Lipinski definition) is 4. The van der Waals surface area contributed by atoms with Crippen molar-refractivity contribution in [2.24, 2.45) is 0 Å². The molecule has 0 bridgehead atoms. The second-order valence-corrected chi connectivity index (χ2v) is 9.25. The lowest BCUT2D eigenvalue weighted by Crippen LogP contribution is -2.42. The van der Waals surface area contributed by atoms with Gasteiger partial charge in [0, 0.05) is 30.0 Å². The van der Waals surface area contributed by atoms with E-state index in [4.69, 9.17) is 11.6 Å². The zero-order valence-corrected chi connectivity index (χ0v) is 20.1. The van der Waals surface area contributed by atoms with Crippen LogP contribution >= 0.6 is 11.6 Å². The second kappa shape index (κ2) is 10.2. The number of aryl methyl sites for hydroxylation is 1. The third kappa shape index (κ3) is 5.02. The third-order valence-corrected chi connectivity index (χ3v) is 6.72. The molecule has 1 aliphatic rings. The zero-order valence-electron chi connectivity index (χ0n) is 19.3. The molecule has 2 heterocycles. The van der Waals surface area contributed by atoms with E-state index in [1.807, 2.05) is 0 Å². The van der Waals surface area contributed by atoms with E-state index >= 15 is 0 Å². The van der Waals surface area contributed by atoms with Crippen LogP contribution in [0.15, 0.2) is 42.6 Å². The number of fused-ring (bicyclic) bond motifs is 1. The largest absolute Gasteiger partial charge is 0.478 e. The third-order valence-electron chi connectivity index (χ3n) is 6.43. The van der Waals surface area contributed by atoms with Gasteiger partial charge < -0.3 is 14.6 Å². The minimum absolute atomic E-state index is 0.0179. The van der Waals surface area contributed by atoms with Crippen molar-refractivity contribution in [3.63, 3.8) is 0 Å². The number of ketones is 2. The summed E-state index contributed by atoms with van der Waals surface area (Å²) in [6, 6.07) is 7.72. The van der Waals surface area contributed by atoms with Crippen molar-refractivity contribution < 1.29 is 33.1 Å². The van der Waals surface area contributed by atoms with Crippen molar-refractivity contribution in [1.29, 1.82) is 0 Å². The Morgan fingerprint density at radius 1 is 1.17 bits per heavy atom. The predicted molar refractivity (Wildman–Crippen MR) is 129 cm³/mol. The molecule has 2 atom stereocenters. The lowest BCUT2D eigenvalue weighted by molar-refractivity contribution is -0.138. The summed E-state index contributed by atoms with van der Waals surface area (Å²) in [5.74, 6) is -2.98. The summed E-state index contributed by atoms with van der Waals surface area (Å²) in [5, 5.41) is 9.76. The van der Waals surface area contributed by atoms with Crippen molar-refractivity contribution in [2.75, 3.05) is 6.54 Å². The Kier molecular flexibility index (Phi) is 7.21. The first-order valence-corrected chi connectivity index (χ1v) is 11.7. The maximum Gasteiger partial charge on any atom is 0.335 e. The fraction of sp³-hybridized carbons (Fsp3) is 0.308. The van der Waals surface area contributed by atoms with E-state index in [-0.39, 0.29) is 54.3 Å². The monoisotopic (exact) mass is 516 g/mol. The Bertz CT molecular complexity index is 1390. The summed E-state index contributed by atoms with van der Waals surface area (Å²) < 4.78 is 29.9. The molecule has 2 aromatic carbocycles. The average molecular weight is 517 g/mol. The number of carbonyl (C=O) groups excluding carboxylic acids is 3. The number of alkyl halides is 1. The van der Waals surface area contributed by atoms with E-state index in [0.717, 1.165) is 0 Å². The van der Waals surface area contributed by atoms with Gasteiger partial charge >= 0.3 is 5.97 Å². The van der Waals surface area contributed by atoms with Gasteiger partial charge in [0.1, 0.15) is 18.5 Å². The maximum absolute atomic E-state index is 14.3. The number of halogens is 3. The van der Waals surface area contributed by atoms with Crippen LogP contribution in [0.2, 0.25) is 5.02 Å². The van der Waals surface area contributed by atoms with E-state index in [1.54, 1.807) is 6.07 Å². The Morgan fingerprint density at radius 3 is 2.61 bits per heavy atom. The Labute approximate surface area is 210 Å². The molecule has 1 fully saturated rings. The fourth-order valence-electron chi connectivity index (χ4n) is 4.60. The standard InChI is InChI=1S/C26H23ClF2N2O5/c1-14(32)19-12-30(21-9-16(26(35)36)5-7-18(19)21)13-24(34)31-11-17(28)10-22(31)23(33)8-6-15-3-2-4-20(27)25(15)29/h2-5,7,9,12,17,22H,6,8,10-11,13H2,1H3,(H,35,36)/t17-,22+/m1/s1. The van der Waals surface area contributed by atoms with Crippen molar-refractivity contribution in [2.45, 2.75) is 44.9 Å². The molecule has 7 nitrogen and oxygen atoms in total. The number of hydrogen-bond donors (Lipinski definition) is 1. The van der Waals surface area contributed by atoms with Gasteiger partial charge in [-0.3, -0.25) is 14.4 Å². The van der Waals surface area contributed by atoms with Gasteiger partial charge in [-0.15, -0.1) is 0 Å². The zero-order chi connectivity index (χ0) is 26.1. The molecular weight excluding hydrogens is 494 g/mol. The molecule has 36 heavy (non-hydrogen) atoms. The highest BCUT2D eigenvalue weighted by molar-refractivity contribution is 6.30. The van der Waals surface area contributed by atoms with Crippen molar-refractivity contribution in [3.8, 4) is 0 Å². The molecule has 1 aromatic heterocycles. The van der Waals surface area contributed by atoms with Gasteiger partial charge in [0.15, 0.2) is 11.6 Å². The Balaban J connectivity index is 1.55. The minimum atomic E-state index is -1.39. The number of likely N-dealkylation sites (tertiary alicyclic amines) is 1. The Morgan fingerprint density at radius 2 is 1.92 bits per heavy atom. The van der Waals surface area contributed by atoms with Crippen LogP contribution in [0, 0.1) is 5.82 Å². The number of Topliss-reactive ketones (excluding diaryl/α,β-unsaturated/α-hetero) is 2. The Hall–Kier alpha value is -3.59. The highest BCUT2D eigenvalue weighted by atomic mass is 35.5. The number of benzene rings is 2. The molecule has 0 aliphatic carbocycles. The molecule has 10 heteroatoms. The number of amides is 1. The number of carbonyl (C=O) groups is 4. The summed E-state index contributed by atoms with van der Waals surface area (Å²) in [7, 11) is 0. The molecule has 4 rings (SSSR count). The second-order valence-electron chi connectivity index (χ2n) is 8.84. The summed E-state index contributed by atoms with van der Waals surface area (Å²) in [6.45, 7) is 0.782. The quantitative estimate of drug-likeness (QED) is 0.445. The van der Waals surface area contributed by atoms with Gasteiger partial charge in [0.2, 0.25) is 5.91 Å². The molecule has 1 aliphatic heterocycles. The molecule has 1 saturated heterocycles. The normalized spacial score (nSPS) is 17.5. The van der Waals surface area contributed by atoms with E-state index in [9.17, 15) is 33.1 Å². The van der Waals surface area contributed by atoms with Gasteiger partial charge in [-0.2, -0.15) is 0 Å². The number of rotatable bonds is 8. The van der Waals surface area contributed by atoms with Crippen LogP contribution in [-0.4, -0.2) is 56.8 Å². The SMILES string of the molecule is CC(=O)c1cn(CC(=O)N2C[C@H](F)C[C@H]2C(=O)CCc2cccc(Cl)c2F)c2cc(C(=O)O)ccc12. The summed E-state index contributed by atoms with van der Waals surface area (Å²) >= 11 is 5.79. The van der Waals surface area contributed by atoms with E-state index < -0.39 is 35.7 Å². The van der Waals surface area contributed by atoms with Crippen LogP contribution in [0.25, 0.3) is 10.9 Å². The van der Waals surface area contributed by atoms with Crippen LogP contribution in [0.4, 0.5) is 8.78 Å². The molecule has 188 valence electrons. The van der Waals surface area contributed by atoms with Crippen LogP contribution in [0.5, 0.6) is 0 Å². The maximum atomic E-state index is 14.3. The van der Waals surface area contributed by atoms with E-state index in [1.165, 1.54) is 52.9 Å². The lowest BCUT2D eigenvalue weighted by Gasteiger charge is -2.24. The van der Waals surface area contributed by atoms with Crippen molar-refractivity contribution in [1.82, 2.24) is 9.47 Å². The van der Waals surface area contributed by atoms with Crippen LogP contribution in [0.3, 0.4) is 0 Å². The van der Waals surface area contributed by atoms with E-state index in [0.29, 0.717) is 16.5 Å². The molecule has 3 aromatic rings. The average Bonchev–Trinajstić information content (AvgIpc) is 3.40. The van der Waals surface area contributed by atoms with Crippen molar-refractivity contribution >= 4 is 45.9 Å². The smallest absolute Gasteiger partial charge is 0.335 e. The summed E-state index contributed by atoms with van der Waals surface area (Å²) in [6.07, 6.45) is -0.127. The van der Waals surface area contributed by atoms with Gasteiger partial charge in [-0.05, 0) is 37.1 Å². The van der Waals surface area contributed by atoms with Gasteiger partial charge in [0.05, 0.1) is 28.7 Å². The number of carboxylic acids is 1. The first-order valence-electron chi connectivity index (χ1n) is 11.3. The summed E-state index contributed by atoms with van der Waals surface area (Å²) in [4.78, 5) is 50.8. The van der Waals surface area contributed by atoms with E-state index in [2.05, 4.69) is 0 Å². The van der Waals surface area contributed by atoms with Gasteiger partial charge in [-0.25, -0.2) is 13.6 Å². The molecule has 0 radical (unpaired) electrons. The van der Waals surface area contributed by atoms with Gasteiger partial charge in [-0.1, -0.05) is 29.8 Å². The molecule has 0 saturated carbocycles. The first kappa shape index (κ1) is 25.5. The number of carboxylic acid groups (broad SMARTS) is 1.